The standard InChI is InChI=1S/C12H15ClN2O2/c1-3-4-5-8-15(2)11-9(12(16)17)6-7-10(13)14-11/h3,6-7H,1,4-5,8H2,2H3,(H,16,17). The first-order valence-electron chi connectivity index (χ1n) is 5.28. The number of allylic oxidation sites excluding steroid dienone is 1. The van der Waals surface area contributed by atoms with Crippen molar-refractivity contribution in [1.29, 1.82) is 0 Å². The molecular weight excluding hydrogens is 240 g/mol. The molecule has 1 aromatic rings. The van der Waals surface area contributed by atoms with Gasteiger partial charge in [0.05, 0.1) is 0 Å². The Hall–Kier alpha value is -1.55. The minimum atomic E-state index is -1.00. The van der Waals surface area contributed by atoms with Gasteiger partial charge in [0.25, 0.3) is 0 Å². The predicted molar refractivity (Wildman–Crippen MR) is 68.9 cm³/mol. The minimum Gasteiger partial charge on any atom is -0.478 e. The Labute approximate surface area is 106 Å². The van der Waals surface area contributed by atoms with Crippen LogP contribution in [0.3, 0.4) is 0 Å². The number of carboxylic acids is 1. The van der Waals surface area contributed by atoms with Gasteiger partial charge < -0.3 is 10.0 Å². The van der Waals surface area contributed by atoms with Crippen molar-refractivity contribution < 1.29 is 9.90 Å². The highest BCUT2D eigenvalue weighted by Crippen LogP contribution is 2.20. The summed E-state index contributed by atoms with van der Waals surface area (Å²) in [5, 5.41) is 9.34. The summed E-state index contributed by atoms with van der Waals surface area (Å²) in [7, 11) is 1.80. The van der Waals surface area contributed by atoms with E-state index in [0.29, 0.717) is 17.5 Å². The maximum absolute atomic E-state index is 11.0. The Morgan fingerprint density at radius 1 is 1.65 bits per heavy atom. The Kier molecular flexibility index (Phi) is 4.97. The number of hydrogen-bond donors (Lipinski definition) is 1. The van der Waals surface area contributed by atoms with Gasteiger partial charge in [0.2, 0.25) is 0 Å². The molecule has 4 nitrogen and oxygen atoms in total. The molecule has 0 aliphatic rings. The lowest BCUT2D eigenvalue weighted by Crippen LogP contribution is -2.22. The second kappa shape index (κ2) is 6.25. The van der Waals surface area contributed by atoms with Gasteiger partial charge in [-0.2, -0.15) is 0 Å². The van der Waals surface area contributed by atoms with Gasteiger partial charge in [-0.1, -0.05) is 17.7 Å². The number of aromatic nitrogens is 1. The Morgan fingerprint density at radius 3 is 2.94 bits per heavy atom. The smallest absolute Gasteiger partial charge is 0.339 e. The molecule has 92 valence electrons. The molecule has 0 radical (unpaired) electrons. The minimum absolute atomic E-state index is 0.163. The molecule has 0 unspecified atom stereocenters. The summed E-state index contributed by atoms with van der Waals surface area (Å²) in [6.45, 7) is 4.35. The molecule has 1 aromatic heterocycles. The fraction of sp³-hybridized carbons (Fsp3) is 0.333. The Balaban J connectivity index is 2.89. The first-order valence-corrected chi connectivity index (χ1v) is 5.66. The summed E-state index contributed by atoms with van der Waals surface area (Å²) in [5.41, 5.74) is 0.163. The summed E-state index contributed by atoms with van der Waals surface area (Å²) in [6, 6.07) is 2.95. The van der Waals surface area contributed by atoms with Crippen LogP contribution < -0.4 is 4.90 Å². The van der Waals surface area contributed by atoms with Gasteiger partial charge in [0.1, 0.15) is 16.5 Å². The predicted octanol–water partition coefficient (Wildman–Crippen LogP) is 2.84. The highest BCUT2D eigenvalue weighted by atomic mass is 35.5. The van der Waals surface area contributed by atoms with Gasteiger partial charge in [-0.25, -0.2) is 9.78 Å². The SMILES string of the molecule is C=CCCCN(C)c1nc(Cl)ccc1C(=O)O. The number of unbranched alkanes of at least 4 members (excludes halogenated alkanes) is 1. The molecule has 0 saturated carbocycles. The van der Waals surface area contributed by atoms with Crippen LogP contribution in [0.15, 0.2) is 24.8 Å². The molecule has 1 N–H and O–H groups in total. The monoisotopic (exact) mass is 254 g/mol. The molecule has 0 aromatic carbocycles. The van der Waals surface area contributed by atoms with Crippen molar-refractivity contribution in [1.82, 2.24) is 4.98 Å². The molecule has 1 heterocycles. The lowest BCUT2D eigenvalue weighted by atomic mass is 10.2. The maximum atomic E-state index is 11.0. The van der Waals surface area contributed by atoms with Crippen LogP contribution in [0.25, 0.3) is 0 Å². The van der Waals surface area contributed by atoms with E-state index in [9.17, 15) is 4.79 Å². The number of aromatic carboxylic acids is 1. The van der Waals surface area contributed by atoms with Crippen molar-refractivity contribution in [2.24, 2.45) is 0 Å². The molecule has 0 bridgehead atoms. The van der Waals surface area contributed by atoms with Gasteiger partial charge in [0, 0.05) is 13.6 Å². The van der Waals surface area contributed by atoms with Gasteiger partial charge in [-0.15, -0.1) is 6.58 Å². The Morgan fingerprint density at radius 2 is 2.35 bits per heavy atom. The number of hydrogen-bond acceptors (Lipinski definition) is 3. The number of carboxylic acid groups (broad SMARTS) is 1. The fourth-order valence-corrected chi connectivity index (χ4v) is 1.60. The van der Waals surface area contributed by atoms with E-state index in [4.69, 9.17) is 16.7 Å². The average Bonchev–Trinajstić information content (AvgIpc) is 2.28. The van der Waals surface area contributed by atoms with Crippen LogP contribution in [0.5, 0.6) is 0 Å². The lowest BCUT2D eigenvalue weighted by molar-refractivity contribution is 0.0697. The molecule has 17 heavy (non-hydrogen) atoms. The number of anilines is 1. The van der Waals surface area contributed by atoms with E-state index in [-0.39, 0.29) is 5.56 Å². The summed E-state index contributed by atoms with van der Waals surface area (Å²) < 4.78 is 0. The molecule has 0 fully saturated rings. The number of halogens is 1. The van der Waals surface area contributed by atoms with E-state index in [1.165, 1.54) is 12.1 Å². The van der Waals surface area contributed by atoms with Gasteiger partial charge in [0.15, 0.2) is 0 Å². The molecule has 5 heteroatoms. The molecule has 0 spiro atoms. The van der Waals surface area contributed by atoms with Crippen molar-refractivity contribution in [2.45, 2.75) is 12.8 Å². The first-order chi connectivity index (χ1) is 8.06. The molecular formula is C12H15ClN2O2. The third-order valence-corrected chi connectivity index (χ3v) is 2.55. The number of carbonyl (C=O) groups is 1. The van der Waals surface area contributed by atoms with Gasteiger partial charge >= 0.3 is 5.97 Å². The van der Waals surface area contributed by atoms with E-state index in [2.05, 4.69) is 11.6 Å². The zero-order chi connectivity index (χ0) is 12.8. The number of rotatable bonds is 6. The van der Waals surface area contributed by atoms with Crippen LogP contribution in [0.1, 0.15) is 23.2 Å². The second-order valence-electron chi connectivity index (χ2n) is 3.66. The van der Waals surface area contributed by atoms with Crippen molar-refractivity contribution in [3.05, 3.63) is 35.5 Å². The number of nitrogens with zero attached hydrogens (tertiary/aromatic N) is 2. The summed E-state index contributed by atoms with van der Waals surface area (Å²) in [4.78, 5) is 16.9. The van der Waals surface area contributed by atoms with Crippen LogP contribution >= 0.6 is 11.6 Å². The number of pyridine rings is 1. The molecule has 1 rings (SSSR count). The van der Waals surface area contributed by atoms with E-state index in [1.807, 2.05) is 6.08 Å². The quantitative estimate of drug-likeness (QED) is 0.482. The zero-order valence-electron chi connectivity index (χ0n) is 9.69. The highest BCUT2D eigenvalue weighted by Gasteiger charge is 2.15. The van der Waals surface area contributed by atoms with Crippen LogP contribution in [0.4, 0.5) is 5.82 Å². The molecule has 0 atom stereocenters. The van der Waals surface area contributed by atoms with Crippen LogP contribution in [-0.4, -0.2) is 29.7 Å². The highest BCUT2D eigenvalue weighted by molar-refractivity contribution is 6.29. The normalized spacial score (nSPS) is 10.0. The lowest BCUT2D eigenvalue weighted by Gasteiger charge is -2.19. The Bertz CT molecular complexity index is 421. The van der Waals surface area contributed by atoms with E-state index in [1.54, 1.807) is 11.9 Å². The van der Waals surface area contributed by atoms with Crippen molar-refractivity contribution in [3.63, 3.8) is 0 Å². The van der Waals surface area contributed by atoms with Crippen LogP contribution in [0, 0.1) is 0 Å². The van der Waals surface area contributed by atoms with E-state index >= 15 is 0 Å². The fourth-order valence-electron chi connectivity index (χ4n) is 1.46. The van der Waals surface area contributed by atoms with Crippen molar-refractivity contribution in [2.75, 3.05) is 18.5 Å². The van der Waals surface area contributed by atoms with Gasteiger partial charge in [-0.3, -0.25) is 0 Å². The second-order valence-corrected chi connectivity index (χ2v) is 4.05. The van der Waals surface area contributed by atoms with Crippen molar-refractivity contribution in [3.8, 4) is 0 Å². The van der Waals surface area contributed by atoms with E-state index < -0.39 is 5.97 Å². The summed E-state index contributed by atoms with van der Waals surface area (Å²) in [6.07, 6.45) is 3.61. The molecule has 0 saturated heterocycles. The summed E-state index contributed by atoms with van der Waals surface area (Å²) >= 11 is 5.78. The molecule has 0 aliphatic heterocycles. The third kappa shape index (κ3) is 3.75. The van der Waals surface area contributed by atoms with Crippen molar-refractivity contribution >= 4 is 23.4 Å². The van der Waals surface area contributed by atoms with E-state index in [0.717, 1.165) is 12.8 Å². The molecule has 0 amide bonds. The largest absolute Gasteiger partial charge is 0.478 e. The van der Waals surface area contributed by atoms with Crippen LogP contribution in [0.2, 0.25) is 5.15 Å². The average molecular weight is 255 g/mol. The zero-order valence-corrected chi connectivity index (χ0v) is 10.4. The van der Waals surface area contributed by atoms with Gasteiger partial charge in [-0.05, 0) is 25.0 Å². The first kappa shape index (κ1) is 13.5. The topological polar surface area (TPSA) is 53.4 Å². The molecule has 0 aliphatic carbocycles. The third-order valence-electron chi connectivity index (χ3n) is 2.33. The maximum Gasteiger partial charge on any atom is 0.339 e. The van der Waals surface area contributed by atoms with Crippen LogP contribution in [-0.2, 0) is 0 Å². The summed E-state index contributed by atoms with van der Waals surface area (Å²) in [5.74, 6) is -0.603.